The Balaban J connectivity index is 1.48. The number of hydrogen-bond donors (Lipinski definition) is 5. The van der Waals surface area contributed by atoms with Crippen LogP contribution in [0.25, 0.3) is 10.9 Å². The predicted octanol–water partition coefficient (Wildman–Crippen LogP) is 2.55. The number of imide groups is 1. The monoisotopic (exact) mass is 642 g/mol. The molecule has 3 aromatic rings. The molecule has 0 radical (unpaired) electrons. The van der Waals surface area contributed by atoms with Crippen LogP contribution in [0, 0.1) is 5.92 Å². The molecule has 3 atom stereocenters. The number of ether oxygens (including phenoxy) is 1. The van der Waals surface area contributed by atoms with Crippen LogP contribution >= 0.6 is 7.75 Å². The predicted molar refractivity (Wildman–Crippen MR) is 161 cm³/mol. The van der Waals surface area contributed by atoms with Crippen molar-refractivity contribution >= 4 is 48.4 Å². The van der Waals surface area contributed by atoms with E-state index >= 15 is 0 Å². The number of para-hydroxylation sites is 1. The highest BCUT2D eigenvalue weighted by molar-refractivity contribution is 7.50. The third-order valence-corrected chi connectivity index (χ3v) is 8.24. The first-order valence-electron chi connectivity index (χ1n) is 14.3. The molecular weight excluding hydrogens is 607 g/mol. The van der Waals surface area contributed by atoms with Gasteiger partial charge in [0.25, 0.3) is 0 Å². The van der Waals surface area contributed by atoms with Gasteiger partial charge in [-0.1, -0.05) is 62.4 Å². The molecule has 0 bridgehead atoms. The highest BCUT2D eigenvalue weighted by Gasteiger charge is 2.42. The molecule has 0 aliphatic carbocycles. The van der Waals surface area contributed by atoms with Gasteiger partial charge < -0.3 is 30.3 Å². The number of aliphatic carboxylic acids is 1. The number of fused-ring (bicyclic) bond motifs is 1. The summed E-state index contributed by atoms with van der Waals surface area (Å²) in [5.74, 6) is -3.71. The second kappa shape index (κ2) is 14.1. The number of carboxylic acid groups (broad SMARTS) is 1. The fraction of sp³-hybridized carbons (Fsp3) is 0.367. The van der Waals surface area contributed by atoms with Crippen LogP contribution in [0.5, 0.6) is 0 Å². The summed E-state index contributed by atoms with van der Waals surface area (Å²) in [4.78, 5) is 84.6. The number of likely N-dealkylation sites (tertiary alicyclic amines) is 1. The van der Waals surface area contributed by atoms with E-state index < -0.39 is 55.7 Å². The Morgan fingerprint density at radius 2 is 1.67 bits per heavy atom. The molecule has 240 valence electrons. The van der Waals surface area contributed by atoms with Crippen LogP contribution in [0.4, 0.5) is 4.79 Å². The van der Waals surface area contributed by atoms with Gasteiger partial charge in [0, 0.05) is 24.4 Å². The molecule has 0 unspecified atom stereocenters. The summed E-state index contributed by atoms with van der Waals surface area (Å²) in [7, 11) is -4.76. The Morgan fingerprint density at radius 1 is 1.00 bits per heavy atom. The molecule has 4 rings (SSSR count). The topological polar surface area (TPSA) is 205 Å². The van der Waals surface area contributed by atoms with E-state index in [1.54, 1.807) is 62.4 Å². The number of amides is 4. The number of aromatic nitrogens is 1. The molecule has 2 heterocycles. The Hall–Kier alpha value is -4.52. The quantitative estimate of drug-likeness (QED) is 0.183. The molecule has 15 heteroatoms. The van der Waals surface area contributed by atoms with Crippen LogP contribution in [0.15, 0.2) is 60.8 Å². The van der Waals surface area contributed by atoms with E-state index in [0.717, 1.165) is 15.4 Å². The van der Waals surface area contributed by atoms with Crippen molar-refractivity contribution in [1.82, 2.24) is 19.9 Å². The maximum Gasteiger partial charge on any atom is 0.434 e. The van der Waals surface area contributed by atoms with Gasteiger partial charge in [-0.05, 0) is 36.0 Å². The average molecular weight is 643 g/mol. The number of hydrogen-bond acceptors (Lipinski definition) is 7. The van der Waals surface area contributed by atoms with E-state index in [-0.39, 0.29) is 49.3 Å². The molecular formula is C30H35N4O10P. The number of carbonyl (C=O) groups is 5. The Kier molecular flexibility index (Phi) is 10.4. The number of rotatable bonds is 12. The minimum atomic E-state index is -4.76. The van der Waals surface area contributed by atoms with Crippen molar-refractivity contribution in [2.75, 3.05) is 0 Å². The number of nitrogens with zero attached hydrogens (tertiary/aromatic N) is 2. The summed E-state index contributed by atoms with van der Waals surface area (Å²) in [6, 6.07) is 11.1. The number of benzene rings is 2. The molecule has 0 saturated carbocycles. The van der Waals surface area contributed by atoms with Gasteiger partial charge in [0.1, 0.15) is 24.7 Å². The summed E-state index contributed by atoms with van der Waals surface area (Å²) in [6.07, 6.45) is -0.100. The molecule has 1 fully saturated rings. The Bertz CT molecular complexity index is 1630. The van der Waals surface area contributed by atoms with Crippen molar-refractivity contribution in [3.05, 3.63) is 71.9 Å². The maximum absolute atomic E-state index is 13.4. The van der Waals surface area contributed by atoms with Crippen LogP contribution < -0.4 is 10.6 Å². The van der Waals surface area contributed by atoms with Gasteiger partial charge in [-0.2, -0.15) is 0 Å². The van der Waals surface area contributed by atoms with E-state index in [1.807, 2.05) is 0 Å². The summed E-state index contributed by atoms with van der Waals surface area (Å²) in [5, 5.41) is 15.4. The lowest BCUT2D eigenvalue weighted by Crippen LogP contribution is -2.56. The van der Waals surface area contributed by atoms with Gasteiger partial charge in [-0.15, -0.1) is 0 Å². The zero-order chi connectivity index (χ0) is 32.9. The van der Waals surface area contributed by atoms with Crippen LogP contribution in [0.3, 0.4) is 0 Å². The first kappa shape index (κ1) is 33.4. The largest absolute Gasteiger partial charge is 0.480 e. The maximum atomic E-state index is 13.4. The first-order chi connectivity index (χ1) is 21.3. The Morgan fingerprint density at radius 3 is 2.31 bits per heavy atom. The smallest absolute Gasteiger partial charge is 0.434 e. The molecule has 14 nitrogen and oxygen atoms in total. The van der Waals surface area contributed by atoms with Crippen molar-refractivity contribution < 1.29 is 48.2 Å². The molecule has 0 spiro atoms. The molecule has 4 amide bonds. The van der Waals surface area contributed by atoms with Crippen LogP contribution in [-0.4, -0.2) is 72.0 Å². The van der Waals surface area contributed by atoms with Crippen LogP contribution in [0.2, 0.25) is 0 Å². The van der Waals surface area contributed by atoms with Gasteiger partial charge in [0.2, 0.25) is 17.7 Å². The number of carbonyl (C=O) groups excluding carboxylic acids is 4. The van der Waals surface area contributed by atoms with Crippen molar-refractivity contribution in [3.8, 4) is 0 Å². The number of carboxylic acids is 1. The molecule has 1 aliphatic rings. The molecule has 2 aromatic carbocycles. The highest BCUT2D eigenvalue weighted by Crippen LogP contribution is 2.42. The zero-order valence-electron chi connectivity index (χ0n) is 24.7. The summed E-state index contributed by atoms with van der Waals surface area (Å²) in [5.41, 5.74) is 1.16. The molecule has 1 aromatic heterocycles. The van der Waals surface area contributed by atoms with Crippen molar-refractivity contribution in [2.24, 2.45) is 5.92 Å². The van der Waals surface area contributed by atoms with E-state index in [9.17, 15) is 43.4 Å². The fourth-order valence-electron chi connectivity index (χ4n) is 5.22. The average Bonchev–Trinajstić information content (AvgIpc) is 3.56. The van der Waals surface area contributed by atoms with E-state index in [1.165, 1.54) is 6.07 Å². The van der Waals surface area contributed by atoms with Crippen molar-refractivity contribution in [3.63, 3.8) is 0 Å². The van der Waals surface area contributed by atoms with Gasteiger partial charge in [-0.25, -0.2) is 19.1 Å². The van der Waals surface area contributed by atoms with Crippen molar-refractivity contribution in [2.45, 2.75) is 64.3 Å². The normalized spacial score (nSPS) is 16.4. The third-order valence-electron chi connectivity index (χ3n) is 7.35. The van der Waals surface area contributed by atoms with Crippen LogP contribution in [-0.2, 0) is 41.5 Å². The standard InChI is InChI=1S/C30H35N4O10P/c1-18(2)14-22(31-28(37)25-12-13-26(35)34(25)30(40)44-17-19-8-4-3-5-9-19)27(36)32-23(29(38)39)15-20-16-33(45(41,42)43)24-11-7-6-10-21(20)24/h3-11,16,18,22-23,25H,12-15,17H2,1-2H3,(H,31,37)(H,32,36)(H,38,39)(H2,41,42,43)/t22-,23-,25-/m0/s1. The van der Waals surface area contributed by atoms with Crippen LogP contribution in [0.1, 0.15) is 44.2 Å². The van der Waals surface area contributed by atoms with Crippen molar-refractivity contribution in [1.29, 1.82) is 0 Å². The molecule has 45 heavy (non-hydrogen) atoms. The number of nitrogens with one attached hydrogen (secondary N) is 2. The van der Waals surface area contributed by atoms with E-state index in [4.69, 9.17) is 4.74 Å². The second-order valence-electron chi connectivity index (χ2n) is 11.2. The van der Waals surface area contributed by atoms with E-state index in [2.05, 4.69) is 10.6 Å². The summed E-state index contributed by atoms with van der Waals surface area (Å²) in [6.45, 7) is 3.48. The second-order valence-corrected chi connectivity index (χ2v) is 12.6. The lowest BCUT2D eigenvalue weighted by molar-refractivity contribution is -0.142. The van der Waals surface area contributed by atoms with E-state index in [0.29, 0.717) is 10.9 Å². The lowest BCUT2D eigenvalue weighted by Gasteiger charge is -2.26. The minimum absolute atomic E-state index is 0.0164. The summed E-state index contributed by atoms with van der Waals surface area (Å²) >= 11 is 0. The van der Waals surface area contributed by atoms with Gasteiger partial charge in [0.05, 0.1) is 5.52 Å². The van der Waals surface area contributed by atoms with Gasteiger partial charge >= 0.3 is 19.8 Å². The highest BCUT2D eigenvalue weighted by atomic mass is 31.2. The lowest BCUT2D eigenvalue weighted by atomic mass is 10.0. The Labute approximate surface area is 258 Å². The molecule has 1 saturated heterocycles. The van der Waals surface area contributed by atoms with Gasteiger partial charge in [0.15, 0.2) is 0 Å². The minimum Gasteiger partial charge on any atom is -0.480 e. The zero-order valence-corrected chi connectivity index (χ0v) is 25.6. The third kappa shape index (κ3) is 8.15. The molecule has 5 N–H and O–H groups in total. The van der Waals surface area contributed by atoms with Gasteiger partial charge in [-0.3, -0.25) is 18.7 Å². The fourth-order valence-corrected chi connectivity index (χ4v) is 5.97. The SMILES string of the molecule is CC(C)C[C@H](NC(=O)[C@@H]1CCC(=O)N1C(=O)OCc1ccccc1)C(=O)N[C@@H](Cc1cn(P(=O)(O)O)c2ccccc12)C(=O)O. The summed E-state index contributed by atoms with van der Waals surface area (Å²) < 4.78 is 18.0. The first-order valence-corrected chi connectivity index (χ1v) is 15.8. The molecule has 1 aliphatic heterocycles.